The Balaban J connectivity index is 2.06. The van der Waals surface area contributed by atoms with Crippen molar-refractivity contribution < 1.29 is 9.53 Å². The van der Waals surface area contributed by atoms with Gasteiger partial charge in [-0.25, -0.2) is 0 Å². The molecule has 1 amide bonds. The molecule has 1 aliphatic rings. The predicted octanol–water partition coefficient (Wildman–Crippen LogP) is 3.21. The van der Waals surface area contributed by atoms with Crippen LogP contribution in [0.5, 0.6) is 5.75 Å². The average Bonchev–Trinajstić information content (AvgIpc) is 2.81. The summed E-state index contributed by atoms with van der Waals surface area (Å²) in [5.74, 6) is 0.605. The molecule has 2 N–H and O–H groups in total. The van der Waals surface area contributed by atoms with E-state index in [1.165, 1.54) is 0 Å². The fourth-order valence-electron chi connectivity index (χ4n) is 2.29. The minimum absolute atomic E-state index is 0.0244. The van der Waals surface area contributed by atoms with Crippen LogP contribution >= 0.6 is 11.6 Å². The van der Waals surface area contributed by atoms with Crippen molar-refractivity contribution >= 4 is 23.2 Å². The second-order valence-electron chi connectivity index (χ2n) is 5.63. The third-order valence-electron chi connectivity index (χ3n) is 3.42. The molecule has 0 radical (unpaired) electrons. The largest absolute Gasteiger partial charge is 0.489 e. The molecule has 0 aliphatic carbocycles. The van der Waals surface area contributed by atoms with Gasteiger partial charge in [0.15, 0.2) is 0 Å². The van der Waals surface area contributed by atoms with Crippen molar-refractivity contribution in [1.29, 1.82) is 0 Å². The summed E-state index contributed by atoms with van der Waals surface area (Å²) in [4.78, 5) is 12.3. The Hall–Kier alpha value is -1.26. The Morgan fingerprint density at radius 3 is 2.80 bits per heavy atom. The number of benzene rings is 1. The van der Waals surface area contributed by atoms with E-state index in [2.05, 4.69) is 10.6 Å². The number of ether oxygens (including phenoxy) is 1. The summed E-state index contributed by atoms with van der Waals surface area (Å²) >= 11 is 6.16. The number of amides is 1. The molecule has 110 valence electrons. The molecule has 1 saturated heterocycles. The first-order valence-corrected chi connectivity index (χ1v) is 7.31. The molecule has 1 unspecified atom stereocenters. The van der Waals surface area contributed by atoms with E-state index in [4.69, 9.17) is 16.3 Å². The standard InChI is InChI=1S/C15H21ClN2O2/c1-10(2)20-13-6-5-11(9-12(13)16)18-14(19)15(3)7-4-8-17-15/h5-6,9-10,17H,4,7-8H2,1-3H3,(H,18,19). The van der Waals surface area contributed by atoms with Gasteiger partial charge in [-0.3, -0.25) is 4.79 Å². The molecule has 0 spiro atoms. The Kier molecular flexibility index (Phi) is 4.55. The maximum Gasteiger partial charge on any atom is 0.244 e. The molecular weight excluding hydrogens is 276 g/mol. The van der Waals surface area contributed by atoms with Gasteiger partial charge >= 0.3 is 0 Å². The van der Waals surface area contributed by atoms with Crippen molar-refractivity contribution in [3.05, 3.63) is 23.2 Å². The lowest BCUT2D eigenvalue weighted by atomic mass is 9.99. The Morgan fingerprint density at radius 1 is 1.50 bits per heavy atom. The molecule has 0 bridgehead atoms. The van der Waals surface area contributed by atoms with Crippen molar-refractivity contribution in [2.45, 2.75) is 45.3 Å². The summed E-state index contributed by atoms with van der Waals surface area (Å²) in [6.07, 6.45) is 1.93. The van der Waals surface area contributed by atoms with Crippen LogP contribution in [0, 0.1) is 0 Å². The zero-order chi connectivity index (χ0) is 14.8. The number of anilines is 1. The maximum absolute atomic E-state index is 12.3. The van der Waals surface area contributed by atoms with Gasteiger partial charge < -0.3 is 15.4 Å². The first kappa shape index (κ1) is 15.1. The molecule has 0 saturated carbocycles. The lowest BCUT2D eigenvalue weighted by Gasteiger charge is -2.23. The Morgan fingerprint density at radius 2 is 2.25 bits per heavy atom. The van der Waals surface area contributed by atoms with Crippen LogP contribution in [0.3, 0.4) is 0 Å². The monoisotopic (exact) mass is 296 g/mol. The third-order valence-corrected chi connectivity index (χ3v) is 3.72. The molecule has 1 aromatic carbocycles. The molecule has 1 atom stereocenters. The molecule has 4 nitrogen and oxygen atoms in total. The van der Waals surface area contributed by atoms with Crippen molar-refractivity contribution in [3.8, 4) is 5.75 Å². The summed E-state index contributed by atoms with van der Waals surface area (Å²) < 4.78 is 5.57. The molecule has 5 heteroatoms. The predicted molar refractivity (Wildman–Crippen MR) is 81.5 cm³/mol. The van der Waals surface area contributed by atoms with Gasteiger partial charge in [-0.05, 0) is 58.4 Å². The molecule has 1 heterocycles. The van der Waals surface area contributed by atoms with E-state index in [0.717, 1.165) is 19.4 Å². The lowest BCUT2D eigenvalue weighted by molar-refractivity contribution is -0.121. The number of rotatable bonds is 4. The first-order valence-electron chi connectivity index (χ1n) is 6.93. The van der Waals surface area contributed by atoms with E-state index < -0.39 is 5.54 Å². The van der Waals surface area contributed by atoms with Crippen LogP contribution in [0.25, 0.3) is 0 Å². The number of halogens is 1. The fourth-order valence-corrected chi connectivity index (χ4v) is 2.51. The molecule has 2 rings (SSSR count). The second kappa shape index (κ2) is 6.02. The van der Waals surface area contributed by atoms with Gasteiger partial charge in [0, 0.05) is 5.69 Å². The minimum atomic E-state index is -0.487. The van der Waals surface area contributed by atoms with E-state index in [1.807, 2.05) is 20.8 Å². The highest BCUT2D eigenvalue weighted by molar-refractivity contribution is 6.32. The lowest BCUT2D eigenvalue weighted by Crippen LogP contribution is -2.47. The van der Waals surface area contributed by atoms with Crippen LogP contribution in [-0.4, -0.2) is 24.1 Å². The van der Waals surface area contributed by atoms with Crippen LogP contribution in [0.2, 0.25) is 5.02 Å². The normalized spacial score (nSPS) is 22.1. The van der Waals surface area contributed by atoms with Gasteiger partial charge in [-0.15, -0.1) is 0 Å². The summed E-state index contributed by atoms with van der Waals surface area (Å²) in [6, 6.07) is 5.30. The van der Waals surface area contributed by atoms with E-state index >= 15 is 0 Å². The molecule has 1 fully saturated rings. The highest BCUT2D eigenvalue weighted by Crippen LogP contribution is 2.29. The van der Waals surface area contributed by atoms with Crippen LogP contribution in [0.1, 0.15) is 33.6 Å². The topological polar surface area (TPSA) is 50.4 Å². The van der Waals surface area contributed by atoms with E-state index in [-0.39, 0.29) is 12.0 Å². The average molecular weight is 297 g/mol. The van der Waals surface area contributed by atoms with Gasteiger partial charge in [-0.2, -0.15) is 0 Å². The first-order chi connectivity index (χ1) is 9.40. The SMILES string of the molecule is CC(C)Oc1ccc(NC(=O)C2(C)CCCN2)cc1Cl. The minimum Gasteiger partial charge on any atom is -0.489 e. The van der Waals surface area contributed by atoms with E-state index in [0.29, 0.717) is 16.5 Å². The maximum atomic E-state index is 12.3. The summed E-state index contributed by atoms with van der Waals surface area (Å²) in [5.41, 5.74) is 0.200. The molecule has 20 heavy (non-hydrogen) atoms. The number of hydrogen-bond donors (Lipinski definition) is 2. The molecule has 1 aromatic rings. The number of carbonyl (C=O) groups excluding carboxylic acids is 1. The third kappa shape index (κ3) is 3.44. The van der Waals surface area contributed by atoms with Crippen molar-refractivity contribution in [2.75, 3.05) is 11.9 Å². The van der Waals surface area contributed by atoms with Crippen LogP contribution in [0.15, 0.2) is 18.2 Å². The highest BCUT2D eigenvalue weighted by atomic mass is 35.5. The molecule has 1 aliphatic heterocycles. The van der Waals surface area contributed by atoms with Gasteiger partial charge in [0.25, 0.3) is 0 Å². The van der Waals surface area contributed by atoms with Crippen LogP contribution in [-0.2, 0) is 4.79 Å². The zero-order valence-corrected chi connectivity index (χ0v) is 12.9. The number of nitrogens with one attached hydrogen (secondary N) is 2. The fraction of sp³-hybridized carbons (Fsp3) is 0.533. The number of hydrogen-bond acceptors (Lipinski definition) is 3. The van der Waals surface area contributed by atoms with Crippen LogP contribution in [0.4, 0.5) is 5.69 Å². The van der Waals surface area contributed by atoms with Crippen LogP contribution < -0.4 is 15.4 Å². The quantitative estimate of drug-likeness (QED) is 0.897. The van der Waals surface area contributed by atoms with Gasteiger partial charge in [-0.1, -0.05) is 11.6 Å². The Labute approximate surface area is 124 Å². The molecule has 0 aromatic heterocycles. The Bertz CT molecular complexity index is 497. The summed E-state index contributed by atoms with van der Waals surface area (Å²) in [6.45, 7) is 6.69. The summed E-state index contributed by atoms with van der Waals surface area (Å²) in [7, 11) is 0. The number of carbonyl (C=O) groups is 1. The van der Waals surface area contributed by atoms with Crippen molar-refractivity contribution in [2.24, 2.45) is 0 Å². The van der Waals surface area contributed by atoms with E-state index in [1.54, 1.807) is 18.2 Å². The van der Waals surface area contributed by atoms with Gasteiger partial charge in [0.2, 0.25) is 5.91 Å². The molecular formula is C15H21ClN2O2. The van der Waals surface area contributed by atoms with Gasteiger partial charge in [0.05, 0.1) is 16.7 Å². The van der Waals surface area contributed by atoms with Gasteiger partial charge in [0.1, 0.15) is 5.75 Å². The smallest absolute Gasteiger partial charge is 0.244 e. The van der Waals surface area contributed by atoms with Crippen molar-refractivity contribution in [1.82, 2.24) is 5.32 Å². The zero-order valence-electron chi connectivity index (χ0n) is 12.1. The second-order valence-corrected chi connectivity index (χ2v) is 6.04. The summed E-state index contributed by atoms with van der Waals surface area (Å²) in [5, 5.41) is 6.64. The highest BCUT2D eigenvalue weighted by Gasteiger charge is 2.35. The van der Waals surface area contributed by atoms with Crippen molar-refractivity contribution in [3.63, 3.8) is 0 Å². The van der Waals surface area contributed by atoms with E-state index in [9.17, 15) is 4.79 Å².